The van der Waals surface area contributed by atoms with E-state index < -0.39 is 5.92 Å². The summed E-state index contributed by atoms with van der Waals surface area (Å²) < 4.78 is 16.4. The Kier molecular flexibility index (Phi) is 7.65. The fraction of sp³-hybridized carbons (Fsp3) is 0.273. The number of hydrogen-bond acceptors (Lipinski definition) is 6. The minimum Gasteiger partial charge on any atom is -0.497 e. The zero-order valence-electron chi connectivity index (χ0n) is 23.5. The van der Waals surface area contributed by atoms with E-state index in [1.54, 1.807) is 21.3 Å². The number of aryl methyl sites for hydroxylation is 1. The summed E-state index contributed by atoms with van der Waals surface area (Å²) >= 11 is 0. The van der Waals surface area contributed by atoms with Crippen molar-refractivity contribution >= 4 is 17.4 Å². The number of rotatable bonds is 7. The van der Waals surface area contributed by atoms with Crippen molar-refractivity contribution < 1.29 is 23.8 Å². The maximum absolute atomic E-state index is 14.0. The molecule has 3 aromatic rings. The lowest BCUT2D eigenvalue weighted by molar-refractivity contribution is -0.116. The van der Waals surface area contributed by atoms with Crippen LogP contribution in [0, 0.1) is 6.92 Å². The highest BCUT2D eigenvalue weighted by molar-refractivity contribution is 6.10. The molecule has 206 valence electrons. The molecule has 40 heavy (non-hydrogen) atoms. The fourth-order valence-corrected chi connectivity index (χ4v) is 5.67. The van der Waals surface area contributed by atoms with Gasteiger partial charge in [-0.2, -0.15) is 0 Å². The van der Waals surface area contributed by atoms with E-state index in [0.717, 1.165) is 28.1 Å². The summed E-state index contributed by atoms with van der Waals surface area (Å²) in [6, 6.07) is 21.1. The summed E-state index contributed by atoms with van der Waals surface area (Å²) in [7, 11) is 4.82. The van der Waals surface area contributed by atoms with Gasteiger partial charge >= 0.3 is 0 Å². The molecule has 0 aromatic heterocycles. The Morgan fingerprint density at radius 2 is 1.60 bits per heavy atom. The number of dihydropyridines is 1. The van der Waals surface area contributed by atoms with Crippen molar-refractivity contribution in [2.24, 2.45) is 0 Å². The first-order chi connectivity index (χ1) is 19.3. The van der Waals surface area contributed by atoms with Gasteiger partial charge in [-0.15, -0.1) is 0 Å². The van der Waals surface area contributed by atoms with Crippen LogP contribution >= 0.6 is 0 Å². The second-order valence-corrected chi connectivity index (χ2v) is 10.2. The molecule has 0 saturated heterocycles. The normalized spacial score (nSPS) is 18.6. The smallest absolute Gasteiger partial charge is 0.254 e. The Bertz CT molecular complexity index is 1520. The quantitative estimate of drug-likeness (QED) is 0.383. The van der Waals surface area contributed by atoms with E-state index in [1.165, 1.54) is 0 Å². The molecule has 7 nitrogen and oxygen atoms in total. The van der Waals surface area contributed by atoms with Crippen LogP contribution < -0.4 is 24.8 Å². The van der Waals surface area contributed by atoms with Crippen LogP contribution in [-0.4, -0.2) is 33.0 Å². The zero-order valence-corrected chi connectivity index (χ0v) is 23.5. The topological polar surface area (TPSA) is 85.9 Å². The van der Waals surface area contributed by atoms with E-state index in [2.05, 4.69) is 10.6 Å². The lowest BCUT2D eigenvalue weighted by Gasteiger charge is -2.37. The van der Waals surface area contributed by atoms with Gasteiger partial charge in [0.25, 0.3) is 5.91 Å². The number of allylic oxidation sites excluding steroid dienone is 3. The van der Waals surface area contributed by atoms with Gasteiger partial charge in [0.05, 0.1) is 21.3 Å². The molecule has 2 aliphatic rings. The summed E-state index contributed by atoms with van der Waals surface area (Å²) in [5, 5.41) is 6.48. The molecular formula is C33H34N2O5. The summed E-state index contributed by atoms with van der Waals surface area (Å²) in [6.07, 6.45) is 0.948. The summed E-state index contributed by atoms with van der Waals surface area (Å²) in [4.78, 5) is 27.8. The van der Waals surface area contributed by atoms with Crippen LogP contribution in [0.5, 0.6) is 17.2 Å². The Labute approximate surface area is 234 Å². The van der Waals surface area contributed by atoms with Gasteiger partial charge in [0, 0.05) is 40.6 Å². The van der Waals surface area contributed by atoms with Crippen LogP contribution in [0.4, 0.5) is 5.69 Å². The third kappa shape index (κ3) is 5.19. The largest absolute Gasteiger partial charge is 0.497 e. The van der Waals surface area contributed by atoms with E-state index in [1.807, 2.05) is 80.6 Å². The number of ketones is 1. The van der Waals surface area contributed by atoms with E-state index in [4.69, 9.17) is 14.2 Å². The first kappa shape index (κ1) is 27.1. The van der Waals surface area contributed by atoms with Gasteiger partial charge in [-0.1, -0.05) is 35.9 Å². The van der Waals surface area contributed by atoms with Gasteiger partial charge in [-0.25, -0.2) is 0 Å². The lowest BCUT2D eigenvalue weighted by atomic mass is 9.71. The molecular weight excluding hydrogens is 504 g/mol. The molecule has 0 fully saturated rings. The fourth-order valence-electron chi connectivity index (χ4n) is 5.67. The van der Waals surface area contributed by atoms with Crippen molar-refractivity contribution in [3.63, 3.8) is 0 Å². The number of anilines is 1. The van der Waals surface area contributed by atoms with E-state index >= 15 is 0 Å². The standard InChI is InChI=1S/C33H34N2O5/c1-19-9-12-24(13-10-19)35-33(37)30-20(2)34-26-16-23(21-11-14-28(39-4)29(18-21)40-5)17-27(36)32(26)31(30)22-7-6-8-25(15-22)38-3/h6-15,18,23,31,34H,16-17H2,1-5H3,(H,35,37)/t23-,31-/m0/s1. The van der Waals surface area contributed by atoms with Crippen LogP contribution in [0.2, 0.25) is 0 Å². The predicted molar refractivity (Wildman–Crippen MR) is 155 cm³/mol. The van der Waals surface area contributed by atoms with Gasteiger partial charge in [0.1, 0.15) is 5.75 Å². The molecule has 7 heteroatoms. The maximum Gasteiger partial charge on any atom is 0.254 e. The molecule has 1 aliphatic heterocycles. The van der Waals surface area contributed by atoms with Gasteiger partial charge in [0.15, 0.2) is 17.3 Å². The number of nitrogens with one attached hydrogen (secondary N) is 2. The highest BCUT2D eigenvalue weighted by Crippen LogP contribution is 2.47. The van der Waals surface area contributed by atoms with E-state index in [-0.39, 0.29) is 17.6 Å². The lowest BCUT2D eigenvalue weighted by Crippen LogP contribution is -2.37. The van der Waals surface area contributed by atoms with Crippen molar-refractivity contribution in [1.82, 2.24) is 5.32 Å². The summed E-state index contributed by atoms with van der Waals surface area (Å²) in [6.45, 7) is 3.89. The molecule has 1 aliphatic carbocycles. The highest BCUT2D eigenvalue weighted by Gasteiger charge is 2.41. The number of Topliss-reactive ketones (excluding diaryl/α,β-unsaturated/α-hetero) is 1. The molecule has 0 spiro atoms. The number of methoxy groups -OCH3 is 3. The average molecular weight is 539 g/mol. The Morgan fingerprint density at radius 1 is 0.850 bits per heavy atom. The third-order valence-electron chi connectivity index (χ3n) is 7.69. The molecule has 1 heterocycles. The first-order valence-electron chi connectivity index (χ1n) is 13.3. The molecule has 0 bridgehead atoms. The molecule has 2 atom stereocenters. The molecule has 0 radical (unpaired) electrons. The van der Waals surface area contributed by atoms with Gasteiger partial charge in [-0.05, 0) is 73.7 Å². The summed E-state index contributed by atoms with van der Waals surface area (Å²) in [5.74, 6) is 1.13. The maximum atomic E-state index is 14.0. The van der Waals surface area contributed by atoms with Crippen LogP contribution in [0.1, 0.15) is 48.3 Å². The zero-order chi connectivity index (χ0) is 28.4. The van der Waals surface area contributed by atoms with Crippen LogP contribution in [-0.2, 0) is 9.59 Å². The monoisotopic (exact) mass is 538 g/mol. The number of carbonyl (C=O) groups is 2. The summed E-state index contributed by atoms with van der Waals surface area (Å²) in [5.41, 5.74) is 6.35. The van der Waals surface area contributed by atoms with Crippen molar-refractivity contribution in [1.29, 1.82) is 0 Å². The van der Waals surface area contributed by atoms with Crippen molar-refractivity contribution in [3.8, 4) is 17.2 Å². The van der Waals surface area contributed by atoms with Crippen LogP contribution in [0.25, 0.3) is 0 Å². The number of carbonyl (C=O) groups excluding carboxylic acids is 2. The molecule has 3 aromatic carbocycles. The Morgan fingerprint density at radius 3 is 2.30 bits per heavy atom. The Hall–Kier alpha value is -4.52. The second kappa shape index (κ2) is 11.3. The number of ether oxygens (including phenoxy) is 3. The minimum atomic E-state index is -0.532. The predicted octanol–water partition coefficient (Wildman–Crippen LogP) is 6.02. The van der Waals surface area contributed by atoms with Crippen molar-refractivity contribution in [3.05, 3.63) is 106 Å². The molecule has 1 amide bonds. The molecule has 0 unspecified atom stereocenters. The average Bonchev–Trinajstić information content (AvgIpc) is 2.97. The number of benzene rings is 3. The molecule has 0 saturated carbocycles. The number of hydrogen-bond donors (Lipinski definition) is 2. The SMILES string of the molecule is COc1cccc([C@H]2C(C(=O)Nc3ccc(C)cc3)=C(C)NC3=C2C(=O)C[C@@H](c2ccc(OC)c(OC)c2)C3)c1. The van der Waals surface area contributed by atoms with Gasteiger partial charge < -0.3 is 24.8 Å². The van der Waals surface area contributed by atoms with Crippen molar-refractivity contribution in [2.75, 3.05) is 26.6 Å². The number of amides is 1. The van der Waals surface area contributed by atoms with Crippen LogP contribution in [0.3, 0.4) is 0 Å². The van der Waals surface area contributed by atoms with E-state index in [9.17, 15) is 9.59 Å². The van der Waals surface area contributed by atoms with Gasteiger partial charge in [0.2, 0.25) is 0 Å². The first-order valence-corrected chi connectivity index (χ1v) is 13.3. The van der Waals surface area contributed by atoms with Gasteiger partial charge in [-0.3, -0.25) is 9.59 Å². The highest BCUT2D eigenvalue weighted by atomic mass is 16.5. The van der Waals surface area contributed by atoms with Crippen LogP contribution in [0.15, 0.2) is 89.3 Å². The van der Waals surface area contributed by atoms with E-state index in [0.29, 0.717) is 46.9 Å². The second-order valence-electron chi connectivity index (χ2n) is 10.2. The molecule has 5 rings (SSSR count). The minimum absolute atomic E-state index is 0.00879. The third-order valence-corrected chi connectivity index (χ3v) is 7.69. The van der Waals surface area contributed by atoms with Crippen molar-refractivity contribution in [2.45, 2.75) is 38.5 Å². The molecule has 2 N–H and O–H groups in total. The Balaban J connectivity index is 1.55.